The van der Waals surface area contributed by atoms with Crippen LogP contribution in [0.15, 0.2) is 54.6 Å². The molecule has 0 radical (unpaired) electrons. The largest absolute Gasteiger partial charge is 0.0791 e. The number of allylic oxidation sites excluding steroid dienone is 2. The quantitative estimate of drug-likeness (QED) is 0.418. The molecule has 2 unspecified atom stereocenters. The van der Waals surface area contributed by atoms with Gasteiger partial charge in [-0.05, 0) is 62.0 Å². The van der Waals surface area contributed by atoms with Gasteiger partial charge in [0, 0.05) is 3.57 Å². The second kappa shape index (κ2) is 5.20. The lowest BCUT2D eigenvalue weighted by molar-refractivity contribution is 1.05. The van der Waals surface area contributed by atoms with Crippen molar-refractivity contribution in [1.29, 1.82) is 0 Å². The van der Waals surface area contributed by atoms with E-state index >= 15 is 0 Å². The number of fused-ring (bicyclic) bond motifs is 2. The highest BCUT2D eigenvalue weighted by atomic mass is 127. The van der Waals surface area contributed by atoms with E-state index in [0.29, 0.717) is 11.1 Å². The Bertz CT molecular complexity index is 801. The first-order chi connectivity index (χ1) is 10.6. The van der Waals surface area contributed by atoms with Gasteiger partial charge in [-0.1, -0.05) is 73.8 Å². The third kappa shape index (κ3) is 2.08. The van der Waals surface area contributed by atoms with Crippen molar-refractivity contribution in [2.75, 3.05) is 0 Å². The Morgan fingerprint density at radius 3 is 2.36 bits per heavy atom. The SMILES string of the molecule is C[Si](C)(C1C=Cc2ccccc21)C1C=Cc2c(I)cccc21. The van der Waals surface area contributed by atoms with Crippen molar-refractivity contribution < 1.29 is 0 Å². The van der Waals surface area contributed by atoms with Crippen LogP contribution in [0.5, 0.6) is 0 Å². The summed E-state index contributed by atoms with van der Waals surface area (Å²) < 4.78 is 1.38. The zero-order valence-electron chi connectivity index (χ0n) is 12.9. The minimum Gasteiger partial charge on any atom is -0.0791 e. The summed E-state index contributed by atoms with van der Waals surface area (Å²) in [6.45, 7) is 5.10. The highest BCUT2D eigenvalue weighted by molar-refractivity contribution is 14.1. The van der Waals surface area contributed by atoms with Gasteiger partial charge >= 0.3 is 0 Å². The summed E-state index contributed by atoms with van der Waals surface area (Å²) in [7, 11) is -1.54. The molecule has 4 rings (SSSR count). The van der Waals surface area contributed by atoms with Crippen LogP contribution in [0, 0.1) is 3.57 Å². The minimum absolute atomic E-state index is 0.609. The molecule has 0 spiro atoms. The molecule has 0 heterocycles. The van der Waals surface area contributed by atoms with Gasteiger partial charge < -0.3 is 0 Å². The van der Waals surface area contributed by atoms with Crippen molar-refractivity contribution in [3.05, 3.63) is 80.4 Å². The lowest BCUT2D eigenvalue weighted by Gasteiger charge is -2.35. The topological polar surface area (TPSA) is 0 Å². The fourth-order valence-electron chi connectivity index (χ4n) is 4.04. The summed E-state index contributed by atoms with van der Waals surface area (Å²) in [5.41, 5.74) is 7.16. The van der Waals surface area contributed by atoms with Gasteiger partial charge in [-0.3, -0.25) is 0 Å². The van der Waals surface area contributed by atoms with Gasteiger partial charge in [-0.2, -0.15) is 0 Å². The minimum atomic E-state index is -1.54. The number of rotatable bonds is 2. The molecule has 0 aromatic heterocycles. The maximum atomic E-state index is 2.55. The van der Waals surface area contributed by atoms with E-state index in [4.69, 9.17) is 0 Å². The summed E-state index contributed by atoms with van der Waals surface area (Å²) in [4.78, 5) is 0. The number of hydrogen-bond acceptors (Lipinski definition) is 0. The van der Waals surface area contributed by atoms with Crippen molar-refractivity contribution in [3.63, 3.8) is 0 Å². The molecule has 2 atom stereocenters. The van der Waals surface area contributed by atoms with Crippen molar-refractivity contribution in [1.82, 2.24) is 0 Å². The van der Waals surface area contributed by atoms with E-state index in [9.17, 15) is 0 Å². The van der Waals surface area contributed by atoms with Crippen LogP contribution in [0.25, 0.3) is 12.2 Å². The van der Waals surface area contributed by atoms with Crippen LogP contribution in [-0.2, 0) is 0 Å². The molecular formula is C20H19ISi. The van der Waals surface area contributed by atoms with Crippen LogP contribution in [0.1, 0.15) is 33.3 Å². The molecule has 2 aliphatic carbocycles. The van der Waals surface area contributed by atoms with E-state index in [0.717, 1.165) is 0 Å². The summed E-state index contributed by atoms with van der Waals surface area (Å²) in [5.74, 6) is 0. The first-order valence-corrected chi connectivity index (χ1v) is 12.1. The van der Waals surface area contributed by atoms with Crippen LogP contribution < -0.4 is 0 Å². The fourth-order valence-corrected chi connectivity index (χ4v) is 8.43. The molecule has 0 amide bonds. The first kappa shape index (κ1) is 14.5. The monoisotopic (exact) mass is 414 g/mol. The maximum Gasteiger partial charge on any atom is 0.0715 e. The van der Waals surface area contributed by atoms with Crippen molar-refractivity contribution in [2.24, 2.45) is 0 Å². The molecule has 22 heavy (non-hydrogen) atoms. The van der Waals surface area contributed by atoms with Gasteiger partial charge in [0.2, 0.25) is 0 Å². The Morgan fingerprint density at radius 2 is 1.50 bits per heavy atom. The lowest BCUT2D eigenvalue weighted by Crippen LogP contribution is -2.39. The van der Waals surface area contributed by atoms with E-state index in [1.165, 1.54) is 20.3 Å². The molecule has 2 heteroatoms. The summed E-state index contributed by atoms with van der Waals surface area (Å²) in [5, 5.41) is 0. The van der Waals surface area contributed by atoms with E-state index in [1.807, 2.05) is 0 Å². The van der Waals surface area contributed by atoms with Crippen LogP contribution in [0.3, 0.4) is 0 Å². The Morgan fingerprint density at radius 1 is 0.818 bits per heavy atom. The lowest BCUT2D eigenvalue weighted by atomic mass is 10.1. The smallest absolute Gasteiger partial charge is 0.0715 e. The first-order valence-electron chi connectivity index (χ1n) is 7.83. The van der Waals surface area contributed by atoms with Crippen LogP contribution in [0.4, 0.5) is 0 Å². The van der Waals surface area contributed by atoms with Gasteiger partial charge in [0.25, 0.3) is 0 Å². The standard InChI is InChI=1S/C20H19ISi/c1-22(2,19-12-10-14-6-3-4-7-15(14)19)20-13-11-16-17(20)8-5-9-18(16)21/h3-13,19-20H,1-2H3. The average molecular weight is 414 g/mol. The van der Waals surface area contributed by atoms with E-state index < -0.39 is 8.07 Å². The predicted octanol–water partition coefficient (Wildman–Crippen LogP) is 6.00. The molecule has 0 saturated heterocycles. The number of halogens is 1. The van der Waals surface area contributed by atoms with Gasteiger partial charge in [0.1, 0.15) is 0 Å². The van der Waals surface area contributed by atoms with E-state index in [2.05, 4.69) is 102 Å². The molecule has 2 aliphatic rings. The number of benzene rings is 2. The van der Waals surface area contributed by atoms with E-state index in [1.54, 1.807) is 5.56 Å². The summed E-state index contributed by atoms with van der Waals surface area (Å²) in [6.07, 6.45) is 9.59. The van der Waals surface area contributed by atoms with Gasteiger partial charge in [0.05, 0.1) is 8.07 Å². The summed E-state index contributed by atoms with van der Waals surface area (Å²) in [6, 6.07) is 15.7. The Balaban J connectivity index is 1.77. The highest BCUT2D eigenvalue weighted by Crippen LogP contribution is 2.47. The Kier molecular flexibility index (Phi) is 3.42. The predicted molar refractivity (Wildman–Crippen MR) is 107 cm³/mol. The molecule has 0 N–H and O–H groups in total. The zero-order chi connectivity index (χ0) is 15.3. The second-order valence-corrected chi connectivity index (χ2v) is 12.9. The van der Waals surface area contributed by atoms with Crippen LogP contribution in [-0.4, -0.2) is 8.07 Å². The fraction of sp³-hybridized carbons (Fsp3) is 0.200. The molecule has 0 fully saturated rings. The molecule has 2 aromatic rings. The van der Waals surface area contributed by atoms with Gasteiger partial charge in [-0.15, -0.1) is 0 Å². The van der Waals surface area contributed by atoms with Crippen LogP contribution in [0.2, 0.25) is 13.1 Å². The van der Waals surface area contributed by atoms with E-state index in [-0.39, 0.29) is 0 Å². The molecular weight excluding hydrogens is 395 g/mol. The molecule has 0 nitrogen and oxygen atoms in total. The normalized spacial score (nSPS) is 22.0. The van der Waals surface area contributed by atoms with Crippen molar-refractivity contribution in [2.45, 2.75) is 24.2 Å². The Labute approximate surface area is 147 Å². The van der Waals surface area contributed by atoms with Crippen molar-refractivity contribution >= 4 is 42.8 Å². The molecule has 0 aliphatic heterocycles. The Hall–Kier alpha value is -1.13. The molecule has 0 saturated carbocycles. The van der Waals surface area contributed by atoms with Gasteiger partial charge in [0.15, 0.2) is 0 Å². The maximum absolute atomic E-state index is 2.55. The zero-order valence-corrected chi connectivity index (χ0v) is 16.0. The average Bonchev–Trinajstić information content (AvgIpc) is 3.12. The second-order valence-electron chi connectivity index (χ2n) is 6.87. The van der Waals surface area contributed by atoms with Gasteiger partial charge in [-0.25, -0.2) is 0 Å². The third-order valence-corrected chi connectivity index (χ3v) is 10.4. The van der Waals surface area contributed by atoms with Crippen molar-refractivity contribution in [3.8, 4) is 0 Å². The summed E-state index contributed by atoms with van der Waals surface area (Å²) >= 11 is 2.46. The number of hydrogen-bond donors (Lipinski definition) is 0. The molecule has 0 bridgehead atoms. The molecule has 2 aromatic carbocycles. The van der Waals surface area contributed by atoms with Crippen LogP contribution >= 0.6 is 22.6 Å². The highest BCUT2D eigenvalue weighted by Gasteiger charge is 2.42. The third-order valence-electron chi connectivity index (χ3n) is 5.28. The molecule has 110 valence electrons.